The maximum atomic E-state index is 9.17. The molecule has 1 aromatic rings. The quantitative estimate of drug-likeness (QED) is 0.705. The minimum atomic E-state index is -0.358. The summed E-state index contributed by atoms with van der Waals surface area (Å²) < 4.78 is 1.86. The van der Waals surface area contributed by atoms with Gasteiger partial charge in [0.25, 0.3) is 0 Å². The van der Waals surface area contributed by atoms with Gasteiger partial charge in [-0.3, -0.25) is 0 Å². The summed E-state index contributed by atoms with van der Waals surface area (Å²) >= 11 is 0. The minimum Gasteiger partial charge on any atom is -0.393 e. The molecule has 0 saturated heterocycles. The van der Waals surface area contributed by atoms with E-state index in [2.05, 4.69) is 10.3 Å². The Morgan fingerprint density at radius 2 is 2.43 bits per heavy atom. The number of rotatable bonds is 3. The molecule has 1 fully saturated rings. The summed E-state index contributed by atoms with van der Waals surface area (Å²) in [5.41, 5.74) is 6.54. The highest BCUT2D eigenvalue weighted by molar-refractivity contribution is 4.97. The van der Waals surface area contributed by atoms with Crippen molar-refractivity contribution in [3.63, 3.8) is 0 Å². The lowest BCUT2D eigenvalue weighted by Gasteiger charge is -2.31. The normalized spacial score (nSPS) is 28.5. The van der Waals surface area contributed by atoms with Crippen LogP contribution in [0.15, 0.2) is 6.20 Å². The van der Waals surface area contributed by atoms with Gasteiger partial charge in [0, 0.05) is 18.7 Å². The van der Waals surface area contributed by atoms with Crippen LogP contribution in [0.1, 0.15) is 31.5 Å². The molecule has 1 aliphatic carbocycles. The molecule has 0 spiro atoms. The summed E-state index contributed by atoms with van der Waals surface area (Å²) in [6, 6.07) is 0.740. The highest BCUT2D eigenvalue weighted by Crippen LogP contribution is 2.29. The third-order valence-corrected chi connectivity index (χ3v) is 2.59. The van der Waals surface area contributed by atoms with Crippen molar-refractivity contribution in [2.24, 2.45) is 5.73 Å². The lowest BCUT2D eigenvalue weighted by molar-refractivity contribution is 0.194. The van der Waals surface area contributed by atoms with E-state index in [1.165, 1.54) is 0 Å². The Kier molecular flexibility index (Phi) is 2.52. The van der Waals surface area contributed by atoms with Gasteiger partial charge in [-0.25, -0.2) is 4.68 Å². The van der Waals surface area contributed by atoms with Crippen molar-refractivity contribution in [1.82, 2.24) is 15.0 Å². The molecular weight excluding hydrogens is 180 g/mol. The van der Waals surface area contributed by atoms with Crippen molar-refractivity contribution in [3.05, 3.63) is 11.9 Å². The molecule has 1 heterocycles. The molecule has 0 bridgehead atoms. The molecule has 3 N–H and O–H groups in total. The highest BCUT2D eigenvalue weighted by Gasteiger charge is 2.28. The molecule has 0 amide bonds. The average molecular weight is 196 g/mol. The van der Waals surface area contributed by atoms with Crippen LogP contribution in [0.5, 0.6) is 0 Å². The van der Waals surface area contributed by atoms with Gasteiger partial charge in [-0.1, -0.05) is 5.21 Å². The highest BCUT2D eigenvalue weighted by atomic mass is 16.3. The van der Waals surface area contributed by atoms with Crippen molar-refractivity contribution in [1.29, 1.82) is 0 Å². The Morgan fingerprint density at radius 3 is 3.00 bits per heavy atom. The lowest BCUT2D eigenvalue weighted by atomic mass is 9.88. The minimum absolute atomic E-state index is 0.324. The van der Waals surface area contributed by atoms with Crippen LogP contribution in [0, 0.1) is 0 Å². The third-order valence-electron chi connectivity index (χ3n) is 2.59. The Labute approximate surface area is 82.9 Å². The summed E-state index contributed by atoms with van der Waals surface area (Å²) in [5.74, 6) is 0. The molecule has 0 aliphatic heterocycles. The van der Waals surface area contributed by atoms with E-state index in [0.717, 1.165) is 18.5 Å². The van der Waals surface area contributed by atoms with Gasteiger partial charge in [-0.2, -0.15) is 0 Å². The second-order valence-corrected chi connectivity index (χ2v) is 4.13. The Bertz CT molecular complexity index is 304. The van der Waals surface area contributed by atoms with Crippen LogP contribution in [-0.4, -0.2) is 32.2 Å². The van der Waals surface area contributed by atoms with E-state index in [9.17, 15) is 0 Å². The van der Waals surface area contributed by atoms with E-state index in [4.69, 9.17) is 10.8 Å². The molecule has 2 rings (SSSR count). The molecule has 0 aromatic carbocycles. The zero-order valence-electron chi connectivity index (χ0n) is 8.30. The summed E-state index contributed by atoms with van der Waals surface area (Å²) in [6.07, 6.45) is 4.08. The largest absolute Gasteiger partial charge is 0.393 e. The van der Waals surface area contributed by atoms with E-state index >= 15 is 0 Å². The van der Waals surface area contributed by atoms with Crippen molar-refractivity contribution >= 4 is 0 Å². The molecule has 0 unspecified atom stereocenters. The summed E-state index contributed by atoms with van der Waals surface area (Å²) in [7, 11) is 0. The maximum Gasteiger partial charge on any atom is 0.0852 e. The smallest absolute Gasteiger partial charge is 0.0852 e. The Morgan fingerprint density at radius 1 is 1.71 bits per heavy atom. The predicted octanol–water partition coefficient (Wildman–Crippen LogP) is -0.136. The van der Waals surface area contributed by atoms with Crippen molar-refractivity contribution in [2.75, 3.05) is 0 Å². The SMILES string of the molecule is C[C@@H](O)Cc1cn([C@H]2C[C@H](N)C2)nn1. The first-order chi connectivity index (χ1) is 6.65. The number of aliphatic hydroxyl groups is 1. The zero-order valence-corrected chi connectivity index (χ0v) is 8.30. The van der Waals surface area contributed by atoms with E-state index in [1.54, 1.807) is 6.92 Å². The zero-order chi connectivity index (χ0) is 10.1. The van der Waals surface area contributed by atoms with Gasteiger partial charge in [-0.05, 0) is 19.8 Å². The number of hydrogen-bond acceptors (Lipinski definition) is 4. The van der Waals surface area contributed by atoms with Crippen LogP contribution in [0.4, 0.5) is 0 Å². The molecule has 5 heteroatoms. The number of aromatic nitrogens is 3. The van der Waals surface area contributed by atoms with Crippen molar-refractivity contribution in [3.8, 4) is 0 Å². The fourth-order valence-corrected chi connectivity index (χ4v) is 1.73. The van der Waals surface area contributed by atoms with Crippen molar-refractivity contribution < 1.29 is 5.11 Å². The monoisotopic (exact) mass is 196 g/mol. The van der Waals surface area contributed by atoms with Crippen LogP contribution in [-0.2, 0) is 6.42 Å². The van der Waals surface area contributed by atoms with Crippen LogP contribution in [0.3, 0.4) is 0 Å². The Hall–Kier alpha value is -0.940. The third kappa shape index (κ3) is 1.93. The molecule has 1 aliphatic rings. The predicted molar refractivity (Wildman–Crippen MR) is 51.7 cm³/mol. The molecule has 1 atom stereocenters. The van der Waals surface area contributed by atoms with Gasteiger partial charge in [0.1, 0.15) is 0 Å². The molecule has 1 saturated carbocycles. The topological polar surface area (TPSA) is 77.0 Å². The van der Waals surface area contributed by atoms with Gasteiger partial charge >= 0.3 is 0 Å². The summed E-state index contributed by atoms with van der Waals surface area (Å²) in [4.78, 5) is 0. The van der Waals surface area contributed by atoms with Gasteiger partial charge in [0.05, 0.1) is 17.8 Å². The summed E-state index contributed by atoms with van der Waals surface area (Å²) in [5, 5.41) is 17.2. The van der Waals surface area contributed by atoms with E-state index in [0.29, 0.717) is 18.5 Å². The number of nitrogens with two attached hydrogens (primary N) is 1. The molecular formula is C9H16N4O. The van der Waals surface area contributed by atoms with Crippen LogP contribution >= 0.6 is 0 Å². The standard InChI is InChI=1S/C9H16N4O/c1-6(14)2-8-5-13(12-11-8)9-3-7(10)4-9/h5-7,9,14H,2-4,10H2,1H3/t6-,7-,9-/m1/s1. The first-order valence-corrected chi connectivity index (χ1v) is 4.99. The Balaban J connectivity index is 1.96. The van der Waals surface area contributed by atoms with Crippen LogP contribution < -0.4 is 5.73 Å². The lowest BCUT2D eigenvalue weighted by Crippen LogP contribution is -2.37. The van der Waals surface area contributed by atoms with Crippen molar-refractivity contribution in [2.45, 2.75) is 44.4 Å². The van der Waals surface area contributed by atoms with E-state index in [1.807, 2.05) is 10.9 Å². The molecule has 5 nitrogen and oxygen atoms in total. The summed E-state index contributed by atoms with van der Waals surface area (Å²) in [6.45, 7) is 1.75. The molecule has 78 valence electrons. The van der Waals surface area contributed by atoms with E-state index in [-0.39, 0.29) is 6.10 Å². The van der Waals surface area contributed by atoms with Gasteiger partial charge in [-0.15, -0.1) is 5.10 Å². The van der Waals surface area contributed by atoms with Crippen LogP contribution in [0.25, 0.3) is 0 Å². The number of aliphatic hydroxyl groups excluding tert-OH is 1. The number of hydrogen-bond donors (Lipinski definition) is 2. The second-order valence-electron chi connectivity index (χ2n) is 4.13. The van der Waals surface area contributed by atoms with Gasteiger partial charge in [0.15, 0.2) is 0 Å². The first-order valence-electron chi connectivity index (χ1n) is 4.99. The second kappa shape index (κ2) is 3.67. The van der Waals surface area contributed by atoms with Gasteiger partial charge in [0.2, 0.25) is 0 Å². The van der Waals surface area contributed by atoms with Gasteiger partial charge < -0.3 is 10.8 Å². The maximum absolute atomic E-state index is 9.17. The molecule has 1 aromatic heterocycles. The molecule has 0 radical (unpaired) electrons. The number of nitrogens with zero attached hydrogens (tertiary/aromatic N) is 3. The fourth-order valence-electron chi connectivity index (χ4n) is 1.73. The van der Waals surface area contributed by atoms with E-state index < -0.39 is 0 Å². The van der Waals surface area contributed by atoms with Crippen LogP contribution in [0.2, 0.25) is 0 Å². The fraction of sp³-hybridized carbons (Fsp3) is 0.778. The first kappa shape index (κ1) is 9.61. The average Bonchev–Trinajstić information content (AvgIpc) is 2.46. The molecule has 14 heavy (non-hydrogen) atoms.